The third kappa shape index (κ3) is 12.3. The summed E-state index contributed by atoms with van der Waals surface area (Å²) in [6, 6.07) is 13.3. The van der Waals surface area contributed by atoms with E-state index >= 15 is 0 Å². The van der Waals surface area contributed by atoms with Crippen molar-refractivity contribution in [2.24, 2.45) is 0 Å². The second-order valence-corrected chi connectivity index (χ2v) is 11.7. The fraction of sp³-hybridized carbons (Fsp3) is 0.556. The van der Waals surface area contributed by atoms with Crippen molar-refractivity contribution in [2.75, 3.05) is 39.6 Å². The van der Waals surface area contributed by atoms with Gasteiger partial charge >= 0.3 is 11.9 Å². The normalized spacial score (nSPS) is 12.6. The van der Waals surface area contributed by atoms with Gasteiger partial charge in [-0.25, -0.2) is 0 Å². The van der Waals surface area contributed by atoms with Gasteiger partial charge in [0.1, 0.15) is 24.7 Å². The quantitative estimate of drug-likeness (QED) is 0.0611. The Morgan fingerprint density at radius 1 is 0.622 bits per heavy atom. The summed E-state index contributed by atoms with van der Waals surface area (Å²) in [6.07, 6.45) is 7.62. The molecule has 3 aromatic carbocycles. The number of unbranched alkanes of at least 4 members (excludes halogenated alkanes) is 6. The number of hydrogen-bond donors (Lipinski definition) is 0. The number of halogens is 1. The highest BCUT2D eigenvalue weighted by Crippen LogP contribution is 2.43. The minimum Gasteiger partial charge on any atom is -0.488 e. The Kier molecular flexibility index (Phi) is 16.3. The molecule has 9 heteroatoms. The van der Waals surface area contributed by atoms with E-state index in [2.05, 4.69) is 13.8 Å². The lowest BCUT2D eigenvalue weighted by atomic mass is 10.0. The summed E-state index contributed by atoms with van der Waals surface area (Å²) >= 11 is 6.47. The zero-order chi connectivity index (χ0) is 32.4. The van der Waals surface area contributed by atoms with E-state index in [4.69, 9.17) is 40.0 Å². The van der Waals surface area contributed by atoms with Crippen LogP contribution < -0.4 is 9.47 Å². The van der Waals surface area contributed by atoms with Crippen molar-refractivity contribution >= 4 is 45.1 Å². The Balaban J connectivity index is 1.84. The van der Waals surface area contributed by atoms with Gasteiger partial charge < -0.3 is 28.4 Å². The molecule has 8 nitrogen and oxygen atoms in total. The average Bonchev–Trinajstić information content (AvgIpc) is 3.01. The van der Waals surface area contributed by atoms with Crippen molar-refractivity contribution in [1.29, 1.82) is 0 Å². The molecular formula is C36H49ClO8. The molecule has 0 amide bonds. The summed E-state index contributed by atoms with van der Waals surface area (Å²) < 4.78 is 35.6. The molecule has 0 spiro atoms. The third-order valence-electron chi connectivity index (χ3n) is 7.27. The lowest BCUT2D eigenvalue weighted by Crippen LogP contribution is -2.29. The number of hydrogen-bond acceptors (Lipinski definition) is 8. The molecule has 0 aliphatic rings. The van der Waals surface area contributed by atoms with Crippen LogP contribution in [0.25, 0.3) is 21.5 Å². The highest BCUT2D eigenvalue weighted by atomic mass is 35.5. The summed E-state index contributed by atoms with van der Waals surface area (Å²) in [7, 11) is 0. The highest BCUT2D eigenvalue weighted by Gasteiger charge is 2.21. The number of carbonyl (C=O) groups excluding carboxylic acids is 2. The van der Waals surface area contributed by atoms with E-state index in [1.165, 1.54) is 26.7 Å². The van der Waals surface area contributed by atoms with Crippen LogP contribution in [0.4, 0.5) is 0 Å². The maximum atomic E-state index is 11.9. The van der Waals surface area contributed by atoms with Crippen LogP contribution in [0.1, 0.15) is 79.1 Å². The fourth-order valence-corrected chi connectivity index (χ4v) is 5.30. The first-order chi connectivity index (χ1) is 21.8. The molecule has 0 radical (unpaired) electrons. The Hall–Kier alpha value is -3.07. The van der Waals surface area contributed by atoms with Crippen LogP contribution in [-0.2, 0) is 28.5 Å². The van der Waals surface area contributed by atoms with Crippen LogP contribution in [0.3, 0.4) is 0 Å². The van der Waals surface area contributed by atoms with Crippen LogP contribution in [-0.4, -0.2) is 63.8 Å². The second kappa shape index (κ2) is 20.1. The molecule has 0 bridgehead atoms. The van der Waals surface area contributed by atoms with Crippen LogP contribution >= 0.6 is 11.6 Å². The van der Waals surface area contributed by atoms with E-state index in [1.54, 1.807) is 6.07 Å². The van der Waals surface area contributed by atoms with E-state index in [0.717, 1.165) is 60.1 Å². The van der Waals surface area contributed by atoms with E-state index in [-0.39, 0.29) is 26.4 Å². The molecular weight excluding hydrogens is 596 g/mol. The minimum absolute atomic E-state index is 0.102. The SMILES string of the molecule is CCCCCCOCC(COc1c2ccccc2c(OCC(COCCCCCC)OC(C)=O)c2cc(Cl)ccc12)OC(C)=O. The van der Waals surface area contributed by atoms with Gasteiger partial charge in [0.25, 0.3) is 0 Å². The number of fused-ring (bicyclic) bond motifs is 2. The van der Waals surface area contributed by atoms with Crippen molar-refractivity contribution in [3.8, 4) is 11.5 Å². The van der Waals surface area contributed by atoms with Crippen LogP contribution in [0, 0.1) is 0 Å². The Bertz CT molecular complexity index is 1340. The molecule has 0 aromatic heterocycles. The first-order valence-electron chi connectivity index (χ1n) is 16.2. The molecule has 248 valence electrons. The van der Waals surface area contributed by atoms with Gasteiger partial charge in [-0.2, -0.15) is 0 Å². The molecule has 0 fully saturated rings. The van der Waals surface area contributed by atoms with Gasteiger partial charge in [0.2, 0.25) is 0 Å². The largest absolute Gasteiger partial charge is 0.488 e. The van der Waals surface area contributed by atoms with Crippen molar-refractivity contribution in [2.45, 2.75) is 91.3 Å². The number of rotatable bonds is 22. The van der Waals surface area contributed by atoms with Crippen LogP contribution in [0.5, 0.6) is 11.5 Å². The topological polar surface area (TPSA) is 89.5 Å². The third-order valence-corrected chi connectivity index (χ3v) is 7.51. The molecule has 0 aliphatic heterocycles. The average molecular weight is 645 g/mol. The standard InChI is InChI=1S/C36H49ClO8/c1-5-7-9-13-19-40-22-29(44-26(3)38)24-42-35-31-15-11-12-16-32(31)36(34-21-28(37)17-18-33(34)35)43-25-30(45-27(4)39)23-41-20-14-10-8-6-2/h11-12,15-18,21,29-30H,5-10,13-14,19-20,22-25H2,1-4H3. The van der Waals surface area contributed by atoms with Gasteiger partial charge in [-0.05, 0) is 31.0 Å². The number of esters is 2. The number of carbonyl (C=O) groups is 2. The maximum Gasteiger partial charge on any atom is 0.303 e. The summed E-state index contributed by atoms with van der Waals surface area (Å²) in [6.45, 7) is 9.00. The molecule has 3 aromatic rings. The first-order valence-corrected chi connectivity index (χ1v) is 16.6. The lowest BCUT2D eigenvalue weighted by Gasteiger charge is -2.22. The molecule has 0 heterocycles. The van der Waals surface area contributed by atoms with E-state index < -0.39 is 24.1 Å². The Morgan fingerprint density at radius 3 is 1.56 bits per heavy atom. The van der Waals surface area contributed by atoms with Gasteiger partial charge in [-0.15, -0.1) is 0 Å². The smallest absolute Gasteiger partial charge is 0.303 e. The van der Waals surface area contributed by atoms with Gasteiger partial charge in [0.15, 0.2) is 12.2 Å². The van der Waals surface area contributed by atoms with Crippen LogP contribution in [0.15, 0.2) is 42.5 Å². The van der Waals surface area contributed by atoms with Crippen molar-refractivity contribution in [1.82, 2.24) is 0 Å². The summed E-state index contributed by atoms with van der Waals surface area (Å²) in [4.78, 5) is 23.7. The van der Waals surface area contributed by atoms with E-state index in [9.17, 15) is 9.59 Å². The lowest BCUT2D eigenvalue weighted by molar-refractivity contribution is -0.152. The molecule has 3 rings (SSSR count). The molecule has 0 aliphatic carbocycles. The minimum atomic E-state index is -0.580. The summed E-state index contributed by atoms with van der Waals surface area (Å²) in [5, 5.41) is 3.69. The highest BCUT2D eigenvalue weighted by molar-refractivity contribution is 6.31. The Labute approximate surface area is 272 Å². The van der Waals surface area contributed by atoms with Crippen molar-refractivity contribution < 1.29 is 38.0 Å². The molecule has 0 saturated heterocycles. The molecule has 45 heavy (non-hydrogen) atoms. The molecule has 0 N–H and O–H groups in total. The van der Waals surface area contributed by atoms with Crippen molar-refractivity contribution in [3.05, 3.63) is 47.5 Å². The number of benzene rings is 3. The predicted molar refractivity (Wildman–Crippen MR) is 178 cm³/mol. The van der Waals surface area contributed by atoms with E-state index in [0.29, 0.717) is 29.7 Å². The van der Waals surface area contributed by atoms with E-state index in [1.807, 2.05) is 36.4 Å². The van der Waals surface area contributed by atoms with Gasteiger partial charge in [0, 0.05) is 53.6 Å². The summed E-state index contributed by atoms with van der Waals surface area (Å²) in [5.41, 5.74) is 0. The maximum absolute atomic E-state index is 11.9. The first kappa shape index (κ1) is 36.4. The molecule has 0 saturated carbocycles. The second-order valence-electron chi connectivity index (χ2n) is 11.2. The monoisotopic (exact) mass is 644 g/mol. The van der Waals surface area contributed by atoms with Gasteiger partial charge in [-0.3, -0.25) is 9.59 Å². The Morgan fingerprint density at radius 2 is 1.09 bits per heavy atom. The fourth-order valence-electron chi connectivity index (χ4n) is 5.13. The molecule has 2 atom stereocenters. The van der Waals surface area contributed by atoms with Crippen molar-refractivity contribution in [3.63, 3.8) is 0 Å². The zero-order valence-corrected chi connectivity index (χ0v) is 28.0. The van der Waals surface area contributed by atoms with Gasteiger partial charge in [-0.1, -0.05) is 88.2 Å². The van der Waals surface area contributed by atoms with Gasteiger partial charge in [0.05, 0.1) is 13.2 Å². The zero-order valence-electron chi connectivity index (χ0n) is 27.2. The molecule has 2 unspecified atom stereocenters. The predicted octanol–water partition coefficient (Wildman–Crippen LogP) is 8.46. The number of ether oxygens (including phenoxy) is 6. The summed E-state index contributed by atoms with van der Waals surface area (Å²) in [5.74, 6) is 0.432. The van der Waals surface area contributed by atoms with Crippen LogP contribution in [0.2, 0.25) is 5.02 Å².